The van der Waals surface area contributed by atoms with Crippen molar-refractivity contribution in [1.29, 1.82) is 0 Å². The third-order valence-electron chi connectivity index (χ3n) is 2.77. The van der Waals surface area contributed by atoms with Crippen molar-refractivity contribution in [3.8, 4) is 5.75 Å². The number of anilines is 1. The van der Waals surface area contributed by atoms with Gasteiger partial charge in [-0.1, -0.05) is 24.8 Å². The van der Waals surface area contributed by atoms with E-state index in [0.717, 1.165) is 5.57 Å². The highest BCUT2D eigenvalue weighted by molar-refractivity contribution is 6.01. The van der Waals surface area contributed by atoms with E-state index >= 15 is 0 Å². The molecule has 1 aromatic carbocycles. The zero-order valence-electron chi connectivity index (χ0n) is 12.9. The monoisotopic (exact) mass is 303 g/mol. The summed E-state index contributed by atoms with van der Waals surface area (Å²) in [4.78, 5) is 22.9. The molecule has 1 N–H and O–H groups in total. The molecule has 5 nitrogen and oxygen atoms in total. The van der Waals surface area contributed by atoms with Crippen LogP contribution in [0.4, 0.5) is 5.69 Å². The Morgan fingerprint density at radius 1 is 1.36 bits per heavy atom. The Labute approximate surface area is 130 Å². The molecular formula is C17H21NO4. The molecule has 1 rings (SSSR count). The van der Waals surface area contributed by atoms with Crippen LogP contribution in [0.5, 0.6) is 5.75 Å². The smallest absolute Gasteiger partial charge is 0.315 e. The number of carbonyl (C=O) groups is 2. The maximum Gasteiger partial charge on any atom is 0.315 e. The van der Waals surface area contributed by atoms with E-state index in [1.165, 1.54) is 0 Å². The lowest BCUT2D eigenvalue weighted by Gasteiger charge is -2.09. The Balaban J connectivity index is 2.58. The van der Waals surface area contributed by atoms with Gasteiger partial charge in [-0.05, 0) is 31.6 Å². The van der Waals surface area contributed by atoms with E-state index in [1.807, 2.05) is 13.0 Å². The van der Waals surface area contributed by atoms with Crippen LogP contribution in [0, 0.1) is 0 Å². The molecule has 0 bridgehead atoms. The van der Waals surface area contributed by atoms with Crippen LogP contribution in [0.15, 0.2) is 48.6 Å². The predicted octanol–water partition coefficient (Wildman–Crippen LogP) is 3.09. The highest BCUT2D eigenvalue weighted by Gasteiger charge is 2.10. The summed E-state index contributed by atoms with van der Waals surface area (Å²) in [6, 6.07) is 6.97. The van der Waals surface area contributed by atoms with Crippen LogP contribution in [0.2, 0.25) is 0 Å². The highest BCUT2D eigenvalue weighted by Crippen LogP contribution is 2.18. The molecule has 0 radical (unpaired) electrons. The van der Waals surface area contributed by atoms with Crippen molar-refractivity contribution in [3.05, 3.63) is 48.6 Å². The maximum absolute atomic E-state index is 11.7. The van der Waals surface area contributed by atoms with Gasteiger partial charge < -0.3 is 14.8 Å². The molecule has 0 heterocycles. The van der Waals surface area contributed by atoms with Crippen LogP contribution >= 0.6 is 0 Å². The van der Waals surface area contributed by atoms with Crippen LogP contribution in [-0.2, 0) is 14.3 Å². The number of hydrogen-bond acceptors (Lipinski definition) is 4. The van der Waals surface area contributed by atoms with Crippen molar-refractivity contribution in [2.45, 2.75) is 20.3 Å². The molecule has 0 spiro atoms. The van der Waals surface area contributed by atoms with E-state index in [2.05, 4.69) is 11.9 Å². The van der Waals surface area contributed by atoms with Gasteiger partial charge in [-0.25, -0.2) is 0 Å². The summed E-state index contributed by atoms with van der Waals surface area (Å²) in [5.41, 5.74) is 1.53. The fourth-order valence-electron chi connectivity index (χ4n) is 1.64. The fraction of sp³-hybridized carbons (Fsp3) is 0.294. The van der Waals surface area contributed by atoms with Gasteiger partial charge in [-0.2, -0.15) is 0 Å². The van der Waals surface area contributed by atoms with Crippen LogP contribution in [0.25, 0.3) is 0 Å². The summed E-state index contributed by atoms with van der Waals surface area (Å²) in [5.74, 6) is -0.345. The zero-order chi connectivity index (χ0) is 16.4. The maximum atomic E-state index is 11.7. The second kappa shape index (κ2) is 9.39. The number of amides is 1. The Morgan fingerprint density at radius 2 is 2.14 bits per heavy atom. The van der Waals surface area contributed by atoms with Crippen molar-refractivity contribution in [2.24, 2.45) is 0 Å². The average Bonchev–Trinajstić information content (AvgIpc) is 2.48. The van der Waals surface area contributed by atoms with Gasteiger partial charge in [0.25, 0.3) is 0 Å². The Hall–Kier alpha value is -2.56. The first-order chi connectivity index (χ1) is 10.6. The van der Waals surface area contributed by atoms with E-state index in [0.29, 0.717) is 18.0 Å². The number of benzene rings is 1. The van der Waals surface area contributed by atoms with Crippen molar-refractivity contribution in [3.63, 3.8) is 0 Å². The van der Waals surface area contributed by atoms with E-state index < -0.39 is 11.9 Å². The van der Waals surface area contributed by atoms with E-state index in [4.69, 9.17) is 9.47 Å². The molecule has 1 aromatic rings. The summed E-state index contributed by atoms with van der Waals surface area (Å²) in [7, 11) is 0. The quantitative estimate of drug-likeness (QED) is 0.455. The number of rotatable bonds is 8. The largest absolute Gasteiger partial charge is 0.489 e. The van der Waals surface area contributed by atoms with Gasteiger partial charge in [0.05, 0.1) is 6.61 Å². The van der Waals surface area contributed by atoms with Gasteiger partial charge in [0, 0.05) is 11.8 Å². The molecule has 0 aliphatic rings. The predicted molar refractivity (Wildman–Crippen MR) is 85.8 cm³/mol. The van der Waals surface area contributed by atoms with Gasteiger partial charge in [0.1, 0.15) is 18.8 Å². The van der Waals surface area contributed by atoms with Gasteiger partial charge in [0.2, 0.25) is 5.91 Å². The summed E-state index contributed by atoms with van der Waals surface area (Å²) < 4.78 is 10.3. The third kappa shape index (κ3) is 6.26. The Bertz CT molecular complexity index is 564. The van der Waals surface area contributed by atoms with Crippen molar-refractivity contribution >= 4 is 17.6 Å². The number of ether oxygens (including phenoxy) is 2. The Morgan fingerprint density at radius 3 is 2.77 bits per heavy atom. The van der Waals surface area contributed by atoms with Crippen molar-refractivity contribution < 1.29 is 19.1 Å². The first-order valence-corrected chi connectivity index (χ1v) is 7.05. The molecule has 1 amide bonds. The summed E-state index contributed by atoms with van der Waals surface area (Å²) >= 11 is 0. The van der Waals surface area contributed by atoms with Gasteiger partial charge in [-0.15, -0.1) is 0 Å². The van der Waals surface area contributed by atoms with E-state index in [-0.39, 0.29) is 13.0 Å². The molecule has 0 atom stereocenters. The molecule has 0 aliphatic carbocycles. The number of carbonyl (C=O) groups excluding carboxylic acids is 2. The molecule has 0 fully saturated rings. The lowest BCUT2D eigenvalue weighted by atomic mass is 10.2. The molecule has 0 saturated carbocycles. The first-order valence-electron chi connectivity index (χ1n) is 7.05. The molecule has 0 aromatic heterocycles. The van der Waals surface area contributed by atoms with Gasteiger partial charge in [0.15, 0.2) is 0 Å². The average molecular weight is 303 g/mol. The second-order valence-corrected chi connectivity index (χ2v) is 4.41. The minimum absolute atomic E-state index is 0.256. The zero-order valence-corrected chi connectivity index (χ0v) is 12.9. The molecule has 118 valence electrons. The summed E-state index contributed by atoms with van der Waals surface area (Å²) in [6.07, 6.45) is 3.33. The van der Waals surface area contributed by atoms with Gasteiger partial charge >= 0.3 is 5.97 Å². The van der Waals surface area contributed by atoms with Crippen LogP contribution in [0.1, 0.15) is 20.3 Å². The van der Waals surface area contributed by atoms with Gasteiger partial charge in [-0.3, -0.25) is 9.59 Å². The molecule has 0 saturated heterocycles. The minimum Gasteiger partial charge on any atom is -0.489 e. The SMILES string of the molecule is C=C/C(=C\C)COc1cccc(NC(=O)CC(=O)OCC)c1. The van der Waals surface area contributed by atoms with E-state index in [9.17, 15) is 9.59 Å². The normalized spacial score (nSPS) is 10.7. The lowest BCUT2D eigenvalue weighted by Crippen LogP contribution is -2.18. The van der Waals surface area contributed by atoms with Crippen molar-refractivity contribution in [2.75, 3.05) is 18.5 Å². The number of esters is 1. The minimum atomic E-state index is -0.545. The molecular weight excluding hydrogens is 282 g/mol. The summed E-state index contributed by atoms with van der Waals surface area (Å²) in [6.45, 7) is 7.96. The second-order valence-electron chi connectivity index (χ2n) is 4.41. The molecule has 22 heavy (non-hydrogen) atoms. The molecule has 5 heteroatoms. The van der Waals surface area contributed by atoms with Crippen LogP contribution < -0.4 is 10.1 Å². The highest BCUT2D eigenvalue weighted by atomic mass is 16.5. The van der Waals surface area contributed by atoms with E-state index in [1.54, 1.807) is 37.3 Å². The van der Waals surface area contributed by atoms with Crippen LogP contribution in [-0.4, -0.2) is 25.1 Å². The molecule has 0 aliphatic heterocycles. The topological polar surface area (TPSA) is 64.6 Å². The standard InChI is InChI=1S/C17H21NO4/c1-4-13(5-2)12-22-15-9-7-8-14(10-15)18-16(19)11-17(20)21-6-3/h4-5,7-10H,1,6,11-12H2,2-3H3,(H,18,19)/b13-5+. The summed E-state index contributed by atoms with van der Waals surface area (Å²) in [5, 5.41) is 2.63. The first kappa shape index (κ1) is 17.5. The molecule has 0 unspecified atom stereocenters. The van der Waals surface area contributed by atoms with Crippen molar-refractivity contribution in [1.82, 2.24) is 0 Å². The Kier molecular flexibility index (Phi) is 7.47. The number of nitrogens with one attached hydrogen (secondary N) is 1. The lowest BCUT2D eigenvalue weighted by molar-refractivity contribution is -0.145. The fourth-order valence-corrected chi connectivity index (χ4v) is 1.64. The number of allylic oxidation sites excluding steroid dienone is 1. The number of hydrogen-bond donors (Lipinski definition) is 1. The third-order valence-corrected chi connectivity index (χ3v) is 2.77. The van der Waals surface area contributed by atoms with Crippen LogP contribution in [0.3, 0.4) is 0 Å².